The minimum atomic E-state index is -0.184. The molecule has 0 saturated heterocycles. The van der Waals surface area contributed by atoms with Crippen LogP contribution in [0.15, 0.2) is 46.4 Å². The lowest BCUT2D eigenvalue weighted by molar-refractivity contribution is 0.389. The maximum Gasteiger partial charge on any atom is 0.166 e. The minimum absolute atomic E-state index is 0.0406. The summed E-state index contributed by atoms with van der Waals surface area (Å²) in [5, 5.41) is 38.9. The number of para-hydroxylation sites is 2. The smallest absolute Gasteiger partial charge is 0.166 e. The summed E-state index contributed by atoms with van der Waals surface area (Å²) >= 11 is 0. The van der Waals surface area contributed by atoms with Crippen LogP contribution in [0, 0.1) is 0 Å². The molecule has 2 unspecified atom stereocenters. The van der Waals surface area contributed by atoms with E-state index in [4.69, 9.17) is 0 Å². The van der Waals surface area contributed by atoms with Crippen molar-refractivity contribution in [2.45, 2.75) is 37.8 Å². The summed E-state index contributed by atoms with van der Waals surface area (Å²) in [4.78, 5) is 9.13. The molecule has 26 heavy (non-hydrogen) atoms. The molecular formula is C20H22N2O4. The summed E-state index contributed by atoms with van der Waals surface area (Å²) in [5.74, 6) is -0.716. The second-order valence-electron chi connectivity index (χ2n) is 6.41. The number of aromatic hydroxyl groups is 4. The molecule has 0 radical (unpaired) electrons. The number of phenolic OH excluding ortho intramolecular Hbond substituents is 4. The maximum atomic E-state index is 9.88. The van der Waals surface area contributed by atoms with E-state index < -0.39 is 0 Å². The van der Waals surface area contributed by atoms with Crippen molar-refractivity contribution in [1.82, 2.24) is 0 Å². The Hall–Kier alpha value is -3.02. The molecule has 6 heteroatoms. The van der Waals surface area contributed by atoms with Crippen LogP contribution in [-0.2, 0) is 0 Å². The molecule has 1 fully saturated rings. The van der Waals surface area contributed by atoms with Crippen LogP contribution >= 0.6 is 0 Å². The van der Waals surface area contributed by atoms with Gasteiger partial charge in [-0.15, -0.1) is 0 Å². The van der Waals surface area contributed by atoms with Crippen molar-refractivity contribution >= 4 is 12.4 Å². The molecule has 1 saturated carbocycles. The van der Waals surface area contributed by atoms with Gasteiger partial charge in [-0.1, -0.05) is 25.0 Å². The predicted molar refractivity (Wildman–Crippen MR) is 101 cm³/mol. The van der Waals surface area contributed by atoms with Gasteiger partial charge in [0.15, 0.2) is 23.0 Å². The van der Waals surface area contributed by atoms with Crippen LogP contribution in [0.5, 0.6) is 23.0 Å². The number of nitrogens with zero attached hydrogens (tertiary/aromatic N) is 2. The van der Waals surface area contributed by atoms with Gasteiger partial charge in [0.1, 0.15) is 0 Å². The van der Waals surface area contributed by atoms with Crippen LogP contribution in [0.2, 0.25) is 0 Å². The molecule has 2 aromatic rings. The maximum absolute atomic E-state index is 9.88. The van der Waals surface area contributed by atoms with Crippen molar-refractivity contribution in [3.05, 3.63) is 47.5 Å². The van der Waals surface area contributed by atoms with Gasteiger partial charge >= 0.3 is 0 Å². The Bertz CT molecular complexity index is 763. The first-order chi connectivity index (χ1) is 12.6. The van der Waals surface area contributed by atoms with Crippen LogP contribution in [0.25, 0.3) is 0 Å². The van der Waals surface area contributed by atoms with Crippen molar-refractivity contribution in [1.29, 1.82) is 0 Å². The van der Waals surface area contributed by atoms with Gasteiger partial charge in [-0.2, -0.15) is 0 Å². The molecule has 6 nitrogen and oxygen atoms in total. The Morgan fingerprint density at radius 3 is 1.54 bits per heavy atom. The third-order valence-electron chi connectivity index (χ3n) is 4.60. The van der Waals surface area contributed by atoms with E-state index in [1.54, 1.807) is 36.7 Å². The van der Waals surface area contributed by atoms with Crippen LogP contribution in [0.1, 0.15) is 36.8 Å². The molecule has 1 aliphatic carbocycles. The molecule has 0 heterocycles. The zero-order valence-electron chi connectivity index (χ0n) is 14.3. The standard InChI is InChI=1S/C20H22N2O4/c23-17-9-3-5-13(19(17)25)11-21-15-7-1-2-8-16(15)22-12-14-6-4-10-18(24)20(14)26/h3-6,9-12,15-16,23-26H,1-2,7-8H2. The summed E-state index contributed by atoms with van der Waals surface area (Å²) in [6, 6.07) is 9.43. The summed E-state index contributed by atoms with van der Waals surface area (Å²) in [5.41, 5.74) is 0.924. The first-order valence-corrected chi connectivity index (χ1v) is 8.64. The quantitative estimate of drug-likeness (QED) is 0.499. The Kier molecular flexibility index (Phi) is 5.41. The third kappa shape index (κ3) is 3.96. The van der Waals surface area contributed by atoms with E-state index >= 15 is 0 Å². The molecule has 2 aromatic carbocycles. The second kappa shape index (κ2) is 7.91. The lowest BCUT2D eigenvalue weighted by atomic mass is 9.91. The highest BCUT2D eigenvalue weighted by atomic mass is 16.3. The van der Waals surface area contributed by atoms with Crippen molar-refractivity contribution in [2.75, 3.05) is 0 Å². The number of aliphatic imine (C=N–C) groups is 2. The zero-order chi connectivity index (χ0) is 18.5. The number of hydrogen-bond donors (Lipinski definition) is 4. The molecule has 2 atom stereocenters. The first kappa shape index (κ1) is 17.8. The number of phenols is 4. The van der Waals surface area contributed by atoms with Gasteiger partial charge in [0, 0.05) is 23.6 Å². The van der Waals surface area contributed by atoms with Crippen LogP contribution in [-0.4, -0.2) is 44.9 Å². The zero-order valence-corrected chi connectivity index (χ0v) is 14.3. The van der Waals surface area contributed by atoms with Gasteiger partial charge in [0.25, 0.3) is 0 Å². The average Bonchev–Trinajstić information content (AvgIpc) is 2.65. The van der Waals surface area contributed by atoms with Crippen molar-refractivity contribution in [3.63, 3.8) is 0 Å². The topological polar surface area (TPSA) is 106 Å². The SMILES string of the molecule is Oc1cccc(C=NC2CCCCC2N=Cc2cccc(O)c2O)c1O. The second-order valence-corrected chi connectivity index (χ2v) is 6.41. The highest BCUT2D eigenvalue weighted by Gasteiger charge is 2.23. The van der Waals surface area contributed by atoms with E-state index in [0.29, 0.717) is 11.1 Å². The summed E-state index contributed by atoms with van der Waals surface area (Å²) < 4.78 is 0. The molecule has 0 spiro atoms. The molecule has 0 bridgehead atoms. The Morgan fingerprint density at radius 1 is 0.692 bits per heavy atom. The van der Waals surface area contributed by atoms with Crippen LogP contribution < -0.4 is 0 Å². The Morgan fingerprint density at radius 2 is 1.12 bits per heavy atom. The van der Waals surface area contributed by atoms with E-state index in [1.165, 1.54) is 12.1 Å². The van der Waals surface area contributed by atoms with Gasteiger partial charge in [0.05, 0.1) is 12.1 Å². The molecule has 1 aliphatic rings. The van der Waals surface area contributed by atoms with E-state index in [9.17, 15) is 20.4 Å². The van der Waals surface area contributed by atoms with Gasteiger partial charge < -0.3 is 20.4 Å². The van der Waals surface area contributed by atoms with Crippen LogP contribution in [0.3, 0.4) is 0 Å². The first-order valence-electron chi connectivity index (χ1n) is 8.64. The van der Waals surface area contributed by atoms with Gasteiger partial charge in [-0.05, 0) is 37.1 Å². The molecular weight excluding hydrogens is 332 g/mol. The van der Waals surface area contributed by atoms with Crippen LogP contribution in [0.4, 0.5) is 0 Å². The highest BCUT2D eigenvalue weighted by molar-refractivity contribution is 5.85. The summed E-state index contributed by atoms with van der Waals surface area (Å²) in [7, 11) is 0. The van der Waals surface area contributed by atoms with Gasteiger partial charge in [-0.3, -0.25) is 9.98 Å². The number of rotatable bonds is 4. The van der Waals surface area contributed by atoms with Gasteiger partial charge in [0.2, 0.25) is 0 Å². The average molecular weight is 354 g/mol. The predicted octanol–water partition coefficient (Wildman–Crippen LogP) is 3.36. The molecule has 4 N–H and O–H groups in total. The fourth-order valence-corrected chi connectivity index (χ4v) is 3.10. The highest BCUT2D eigenvalue weighted by Crippen LogP contribution is 2.29. The summed E-state index contributed by atoms with van der Waals surface area (Å²) in [6.45, 7) is 0. The van der Waals surface area contributed by atoms with E-state index in [2.05, 4.69) is 9.98 Å². The largest absolute Gasteiger partial charge is 0.504 e. The monoisotopic (exact) mass is 354 g/mol. The van der Waals surface area contributed by atoms with Crippen molar-refractivity contribution < 1.29 is 20.4 Å². The lowest BCUT2D eigenvalue weighted by Crippen LogP contribution is -2.27. The Balaban J connectivity index is 1.77. The van der Waals surface area contributed by atoms with Crippen molar-refractivity contribution in [3.8, 4) is 23.0 Å². The van der Waals surface area contributed by atoms with E-state index in [-0.39, 0.29) is 35.1 Å². The van der Waals surface area contributed by atoms with Gasteiger partial charge in [-0.25, -0.2) is 0 Å². The normalized spacial score (nSPS) is 20.8. The third-order valence-corrected chi connectivity index (χ3v) is 4.60. The number of hydrogen-bond acceptors (Lipinski definition) is 6. The van der Waals surface area contributed by atoms with Crippen molar-refractivity contribution in [2.24, 2.45) is 9.98 Å². The van der Waals surface area contributed by atoms with E-state index in [0.717, 1.165) is 25.7 Å². The minimum Gasteiger partial charge on any atom is -0.504 e. The van der Waals surface area contributed by atoms with E-state index in [1.807, 2.05) is 0 Å². The summed E-state index contributed by atoms with van der Waals surface area (Å²) in [6.07, 6.45) is 7.00. The fraction of sp³-hybridized carbons (Fsp3) is 0.300. The molecule has 3 rings (SSSR count). The molecule has 0 amide bonds. The molecule has 136 valence electrons. The molecule has 0 aromatic heterocycles. The Labute approximate surface area is 151 Å². The number of benzene rings is 2. The lowest BCUT2D eigenvalue weighted by Gasteiger charge is -2.25. The fourth-order valence-electron chi connectivity index (χ4n) is 3.10. The molecule has 0 aliphatic heterocycles.